The van der Waals surface area contributed by atoms with Crippen molar-refractivity contribution in [2.24, 2.45) is 13.0 Å². The summed E-state index contributed by atoms with van der Waals surface area (Å²) in [5.41, 5.74) is 2.10. The van der Waals surface area contributed by atoms with E-state index in [9.17, 15) is 9.59 Å². The third-order valence-corrected chi connectivity index (χ3v) is 4.42. The van der Waals surface area contributed by atoms with Gasteiger partial charge in [-0.25, -0.2) is 0 Å². The highest BCUT2D eigenvalue weighted by atomic mass is 16.4. The van der Waals surface area contributed by atoms with Crippen LogP contribution in [-0.4, -0.2) is 39.5 Å². The minimum Gasteiger partial charge on any atom is -0.481 e. The Morgan fingerprint density at radius 2 is 2.09 bits per heavy atom. The molecule has 3 rings (SSSR count). The summed E-state index contributed by atoms with van der Waals surface area (Å²) in [5.74, 6) is -1.39. The number of aryl methyl sites for hydroxylation is 1. The average Bonchev–Trinajstić information content (AvgIpc) is 2.89. The number of benzene rings is 1. The average molecular weight is 312 g/mol. The molecule has 0 radical (unpaired) electrons. The molecule has 5 nitrogen and oxygen atoms in total. The third-order valence-electron chi connectivity index (χ3n) is 4.42. The van der Waals surface area contributed by atoms with Gasteiger partial charge < -0.3 is 14.6 Å². The van der Waals surface area contributed by atoms with Crippen molar-refractivity contribution in [1.82, 2.24) is 9.47 Å². The molecule has 0 bridgehead atoms. The van der Waals surface area contributed by atoms with Gasteiger partial charge in [0.25, 0.3) is 0 Å². The SMILES string of the molecule is Cn1cc(C=CC(=O)N2CCCC(C(=O)O)C2)c2ccccc21. The van der Waals surface area contributed by atoms with Gasteiger partial charge >= 0.3 is 5.97 Å². The van der Waals surface area contributed by atoms with Crippen LogP contribution in [0.3, 0.4) is 0 Å². The topological polar surface area (TPSA) is 62.5 Å². The predicted molar refractivity (Wildman–Crippen MR) is 88.9 cm³/mol. The molecule has 1 aliphatic rings. The number of hydrogen-bond donors (Lipinski definition) is 1. The summed E-state index contributed by atoms with van der Waals surface area (Å²) in [6, 6.07) is 8.03. The van der Waals surface area contributed by atoms with Crippen molar-refractivity contribution in [2.45, 2.75) is 12.8 Å². The first-order chi connectivity index (χ1) is 11.1. The molecule has 1 atom stereocenters. The quantitative estimate of drug-likeness (QED) is 0.886. The minimum absolute atomic E-state index is 0.121. The second-order valence-electron chi connectivity index (χ2n) is 6.01. The van der Waals surface area contributed by atoms with E-state index in [1.807, 2.05) is 48.2 Å². The molecule has 1 N–H and O–H groups in total. The monoisotopic (exact) mass is 312 g/mol. The number of para-hydroxylation sites is 1. The first-order valence-corrected chi connectivity index (χ1v) is 7.80. The van der Waals surface area contributed by atoms with Crippen LogP contribution in [0.5, 0.6) is 0 Å². The van der Waals surface area contributed by atoms with Gasteiger partial charge in [0.1, 0.15) is 0 Å². The minimum atomic E-state index is -0.819. The highest BCUT2D eigenvalue weighted by Crippen LogP contribution is 2.22. The smallest absolute Gasteiger partial charge is 0.308 e. The Morgan fingerprint density at radius 3 is 2.87 bits per heavy atom. The standard InChI is InChI=1S/C18H20N2O3/c1-19-11-13(15-6-2-3-7-16(15)19)8-9-17(21)20-10-4-5-14(12-20)18(22)23/h2-3,6-9,11,14H,4-5,10,12H2,1H3,(H,22,23). The van der Waals surface area contributed by atoms with Gasteiger partial charge in [0.15, 0.2) is 0 Å². The summed E-state index contributed by atoms with van der Waals surface area (Å²) >= 11 is 0. The van der Waals surface area contributed by atoms with E-state index in [0.717, 1.165) is 22.9 Å². The Labute approximate surface area is 134 Å². The molecule has 0 saturated carbocycles. The molecule has 1 aliphatic heterocycles. The molecule has 2 aromatic rings. The molecule has 1 aromatic heterocycles. The number of nitrogens with zero attached hydrogens (tertiary/aromatic N) is 2. The number of fused-ring (bicyclic) bond motifs is 1. The van der Waals surface area contributed by atoms with E-state index >= 15 is 0 Å². The fourth-order valence-electron chi connectivity index (χ4n) is 3.15. The number of carbonyl (C=O) groups is 2. The van der Waals surface area contributed by atoms with Crippen LogP contribution >= 0.6 is 0 Å². The number of aliphatic carboxylic acids is 1. The van der Waals surface area contributed by atoms with Crippen LogP contribution in [0, 0.1) is 5.92 Å². The van der Waals surface area contributed by atoms with E-state index in [1.165, 1.54) is 0 Å². The van der Waals surface area contributed by atoms with Gasteiger partial charge in [-0.15, -0.1) is 0 Å². The summed E-state index contributed by atoms with van der Waals surface area (Å²) < 4.78 is 2.03. The Bertz CT molecular complexity index is 776. The Hall–Kier alpha value is -2.56. The van der Waals surface area contributed by atoms with E-state index in [2.05, 4.69) is 0 Å². The number of carbonyl (C=O) groups excluding carboxylic acids is 1. The Morgan fingerprint density at radius 1 is 1.30 bits per heavy atom. The molecular weight excluding hydrogens is 292 g/mol. The zero-order valence-electron chi connectivity index (χ0n) is 13.1. The molecule has 1 unspecified atom stereocenters. The van der Waals surface area contributed by atoms with Gasteiger partial charge in [0, 0.05) is 48.9 Å². The van der Waals surface area contributed by atoms with E-state index in [-0.39, 0.29) is 5.91 Å². The van der Waals surface area contributed by atoms with E-state index < -0.39 is 11.9 Å². The fraction of sp³-hybridized carbons (Fsp3) is 0.333. The number of aromatic nitrogens is 1. The first kappa shape index (κ1) is 15.3. The normalized spacial score (nSPS) is 18.7. The number of piperidine rings is 1. The van der Waals surface area contributed by atoms with Crippen molar-refractivity contribution in [3.8, 4) is 0 Å². The lowest BCUT2D eigenvalue weighted by atomic mass is 9.98. The van der Waals surface area contributed by atoms with Gasteiger partial charge in [0.05, 0.1) is 5.92 Å². The van der Waals surface area contributed by atoms with Gasteiger partial charge in [0.2, 0.25) is 5.91 Å². The van der Waals surface area contributed by atoms with Crippen molar-refractivity contribution < 1.29 is 14.7 Å². The largest absolute Gasteiger partial charge is 0.481 e. The van der Waals surface area contributed by atoms with Crippen LogP contribution in [0.4, 0.5) is 0 Å². The molecule has 0 spiro atoms. The zero-order valence-corrected chi connectivity index (χ0v) is 13.1. The number of likely N-dealkylation sites (tertiary alicyclic amines) is 1. The lowest BCUT2D eigenvalue weighted by Gasteiger charge is -2.29. The molecule has 0 aliphatic carbocycles. The van der Waals surface area contributed by atoms with E-state index in [0.29, 0.717) is 19.5 Å². The summed E-state index contributed by atoms with van der Waals surface area (Å²) in [6.45, 7) is 0.927. The van der Waals surface area contributed by atoms with Gasteiger partial charge in [-0.1, -0.05) is 18.2 Å². The van der Waals surface area contributed by atoms with Crippen molar-refractivity contribution in [1.29, 1.82) is 0 Å². The van der Waals surface area contributed by atoms with Gasteiger partial charge in [-0.2, -0.15) is 0 Å². The molecule has 2 heterocycles. The molecule has 1 fully saturated rings. The van der Waals surface area contributed by atoms with Crippen LogP contribution in [0.15, 0.2) is 36.5 Å². The number of amides is 1. The molecular formula is C18H20N2O3. The van der Waals surface area contributed by atoms with Crippen molar-refractivity contribution in [2.75, 3.05) is 13.1 Å². The van der Waals surface area contributed by atoms with Crippen molar-refractivity contribution >= 4 is 28.9 Å². The second-order valence-corrected chi connectivity index (χ2v) is 6.01. The number of carboxylic acids is 1. The maximum atomic E-state index is 12.3. The molecule has 5 heteroatoms. The first-order valence-electron chi connectivity index (χ1n) is 7.80. The Balaban J connectivity index is 1.76. The van der Waals surface area contributed by atoms with Crippen molar-refractivity contribution in [3.05, 3.63) is 42.1 Å². The van der Waals surface area contributed by atoms with E-state index in [4.69, 9.17) is 5.11 Å². The highest BCUT2D eigenvalue weighted by molar-refractivity contribution is 5.96. The molecule has 1 amide bonds. The van der Waals surface area contributed by atoms with E-state index in [1.54, 1.807) is 11.0 Å². The van der Waals surface area contributed by atoms with Crippen LogP contribution in [0.25, 0.3) is 17.0 Å². The number of carboxylic acid groups (broad SMARTS) is 1. The maximum absolute atomic E-state index is 12.3. The predicted octanol–water partition coefficient (Wildman–Crippen LogP) is 2.51. The second kappa shape index (κ2) is 6.28. The maximum Gasteiger partial charge on any atom is 0.308 e. The zero-order chi connectivity index (χ0) is 16.4. The molecule has 23 heavy (non-hydrogen) atoms. The summed E-state index contributed by atoms with van der Waals surface area (Å²) in [5, 5.41) is 10.2. The lowest BCUT2D eigenvalue weighted by Crippen LogP contribution is -2.41. The Kier molecular flexibility index (Phi) is 4.19. The lowest BCUT2D eigenvalue weighted by molar-refractivity contribution is -0.144. The van der Waals surface area contributed by atoms with Gasteiger partial charge in [-0.3, -0.25) is 9.59 Å². The van der Waals surface area contributed by atoms with Gasteiger partial charge in [-0.05, 0) is 25.0 Å². The fourth-order valence-corrected chi connectivity index (χ4v) is 3.15. The van der Waals surface area contributed by atoms with Crippen LogP contribution in [0.1, 0.15) is 18.4 Å². The number of hydrogen-bond acceptors (Lipinski definition) is 2. The highest BCUT2D eigenvalue weighted by Gasteiger charge is 2.27. The van der Waals surface area contributed by atoms with Crippen LogP contribution < -0.4 is 0 Å². The summed E-state index contributed by atoms with van der Waals surface area (Å²) in [6.07, 6.45) is 6.74. The number of rotatable bonds is 3. The van der Waals surface area contributed by atoms with Crippen molar-refractivity contribution in [3.63, 3.8) is 0 Å². The molecule has 120 valence electrons. The third kappa shape index (κ3) is 3.13. The summed E-state index contributed by atoms with van der Waals surface area (Å²) in [7, 11) is 1.98. The molecule has 1 saturated heterocycles. The summed E-state index contributed by atoms with van der Waals surface area (Å²) in [4.78, 5) is 25.0. The van der Waals surface area contributed by atoms with Crippen LogP contribution in [0.2, 0.25) is 0 Å². The van der Waals surface area contributed by atoms with Crippen LogP contribution in [-0.2, 0) is 16.6 Å². The molecule has 1 aromatic carbocycles.